The highest BCUT2D eigenvalue weighted by Crippen LogP contribution is 2.32. The molecule has 3 rings (SSSR count). The van der Waals surface area contributed by atoms with E-state index in [1.807, 2.05) is 11.4 Å². The van der Waals surface area contributed by atoms with E-state index < -0.39 is 5.97 Å². The van der Waals surface area contributed by atoms with Gasteiger partial charge in [0, 0.05) is 5.56 Å². The smallest absolute Gasteiger partial charge is 0.358 e. The second-order valence-corrected chi connectivity index (χ2v) is 5.39. The van der Waals surface area contributed by atoms with Gasteiger partial charge in [-0.2, -0.15) is 0 Å². The van der Waals surface area contributed by atoms with E-state index in [0.29, 0.717) is 11.1 Å². The third-order valence-electron chi connectivity index (χ3n) is 2.98. The largest absolute Gasteiger partial charge is 0.476 e. The molecule has 0 spiro atoms. The van der Waals surface area contributed by atoms with Gasteiger partial charge in [0.05, 0.1) is 4.88 Å². The molecule has 2 heterocycles. The third-order valence-corrected chi connectivity index (χ3v) is 3.84. The van der Waals surface area contributed by atoms with Gasteiger partial charge in [0.25, 0.3) is 0 Å². The Labute approximate surface area is 123 Å². The van der Waals surface area contributed by atoms with Gasteiger partial charge in [0.15, 0.2) is 11.5 Å². The van der Waals surface area contributed by atoms with Crippen LogP contribution in [0.3, 0.4) is 0 Å². The summed E-state index contributed by atoms with van der Waals surface area (Å²) in [4.78, 5) is 16.1. The molecule has 0 unspecified atom stereocenters. The molecule has 0 saturated heterocycles. The summed E-state index contributed by atoms with van der Waals surface area (Å²) in [6.45, 7) is 1.61. The van der Waals surface area contributed by atoms with E-state index in [1.54, 1.807) is 19.1 Å². The Bertz CT molecular complexity index is 808. The topological polar surface area (TPSA) is 63.3 Å². The van der Waals surface area contributed by atoms with E-state index in [9.17, 15) is 14.3 Å². The fourth-order valence-corrected chi connectivity index (χ4v) is 2.60. The van der Waals surface area contributed by atoms with Gasteiger partial charge in [-0.15, -0.1) is 11.3 Å². The number of benzene rings is 1. The molecule has 0 aliphatic carbocycles. The lowest BCUT2D eigenvalue weighted by Crippen LogP contribution is -1.99. The number of thiophene rings is 1. The van der Waals surface area contributed by atoms with E-state index in [-0.39, 0.29) is 23.2 Å². The predicted molar refractivity (Wildman–Crippen MR) is 76.9 cm³/mol. The molecule has 0 atom stereocenters. The maximum Gasteiger partial charge on any atom is 0.358 e. The Kier molecular flexibility index (Phi) is 3.31. The average Bonchev–Trinajstić information content (AvgIpc) is 3.09. The second kappa shape index (κ2) is 5.14. The van der Waals surface area contributed by atoms with Crippen molar-refractivity contribution >= 4 is 17.3 Å². The number of carboxylic acids is 1. The first-order chi connectivity index (χ1) is 10.1. The first-order valence-electron chi connectivity index (χ1n) is 6.11. The van der Waals surface area contributed by atoms with Gasteiger partial charge >= 0.3 is 5.97 Å². The molecule has 4 nitrogen and oxygen atoms in total. The van der Waals surface area contributed by atoms with Crippen LogP contribution in [0.25, 0.3) is 22.1 Å². The van der Waals surface area contributed by atoms with Gasteiger partial charge in [0.1, 0.15) is 5.82 Å². The van der Waals surface area contributed by atoms with Crippen molar-refractivity contribution < 1.29 is 18.7 Å². The minimum absolute atomic E-state index is 0.133. The lowest BCUT2D eigenvalue weighted by atomic mass is 10.1. The van der Waals surface area contributed by atoms with E-state index in [0.717, 1.165) is 4.88 Å². The van der Waals surface area contributed by atoms with Gasteiger partial charge in [-0.3, -0.25) is 0 Å². The molecule has 0 aliphatic rings. The fourth-order valence-electron chi connectivity index (χ4n) is 1.95. The Morgan fingerprint density at radius 3 is 2.81 bits per heavy atom. The number of nitrogens with zero attached hydrogens (tertiary/aromatic N) is 1. The summed E-state index contributed by atoms with van der Waals surface area (Å²) >= 11 is 1.40. The molecular weight excluding hydrogens is 293 g/mol. The number of aromatic carboxylic acids is 1. The summed E-state index contributed by atoms with van der Waals surface area (Å²) < 4.78 is 18.9. The van der Waals surface area contributed by atoms with Crippen LogP contribution >= 0.6 is 11.3 Å². The minimum Gasteiger partial charge on any atom is -0.476 e. The monoisotopic (exact) mass is 303 g/mol. The summed E-state index contributed by atoms with van der Waals surface area (Å²) in [5.74, 6) is -1.15. The Hall–Kier alpha value is -2.47. The van der Waals surface area contributed by atoms with Crippen LogP contribution in [-0.4, -0.2) is 16.1 Å². The third kappa shape index (κ3) is 2.45. The molecule has 21 heavy (non-hydrogen) atoms. The number of carbonyl (C=O) groups is 1. The van der Waals surface area contributed by atoms with Crippen molar-refractivity contribution in [1.82, 2.24) is 4.98 Å². The molecule has 0 aliphatic heterocycles. The predicted octanol–water partition coefficient (Wildman–Crippen LogP) is 4.22. The van der Waals surface area contributed by atoms with Crippen molar-refractivity contribution in [3.8, 4) is 22.1 Å². The molecule has 0 amide bonds. The standard InChI is InChI=1S/C15H10FNO3S/c1-8-7-9(4-5-10(8)16)13-12(15(18)19)17-14(20-13)11-3-2-6-21-11/h2-7H,1H3,(H,18,19). The number of aryl methyl sites for hydroxylation is 1. The Morgan fingerprint density at radius 1 is 1.38 bits per heavy atom. The van der Waals surface area contributed by atoms with Crippen molar-refractivity contribution in [2.45, 2.75) is 6.92 Å². The number of oxazole rings is 1. The van der Waals surface area contributed by atoms with Gasteiger partial charge in [-0.25, -0.2) is 14.2 Å². The molecular formula is C15H10FNO3S. The lowest BCUT2D eigenvalue weighted by Gasteiger charge is -2.01. The molecule has 0 saturated carbocycles. The summed E-state index contributed by atoms with van der Waals surface area (Å²) in [5, 5.41) is 11.1. The van der Waals surface area contributed by atoms with Crippen molar-refractivity contribution in [2.75, 3.05) is 0 Å². The summed E-state index contributed by atoms with van der Waals surface area (Å²) in [5.41, 5.74) is 0.726. The van der Waals surface area contributed by atoms with Crippen LogP contribution in [0.4, 0.5) is 4.39 Å². The van der Waals surface area contributed by atoms with Gasteiger partial charge in [-0.1, -0.05) is 6.07 Å². The van der Waals surface area contributed by atoms with Crippen LogP contribution in [0.15, 0.2) is 40.1 Å². The lowest BCUT2D eigenvalue weighted by molar-refractivity contribution is 0.0691. The minimum atomic E-state index is -1.18. The van der Waals surface area contributed by atoms with Crippen molar-refractivity contribution in [3.05, 3.63) is 52.8 Å². The highest BCUT2D eigenvalue weighted by molar-refractivity contribution is 7.13. The molecule has 0 bridgehead atoms. The summed E-state index contributed by atoms with van der Waals surface area (Å²) in [6, 6.07) is 7.92. The average molecular weight is 303 g/mol. The molecule has 6 heteroatoms. The molecule has 1 N–H and O–H groups in total. The highest BCUT2D eigenvalue weighted by Gasteiger charge is 2.22. The number of carboxylic acid groups (broad SMARTS) is 1. The van der Waals surface area contributed by atoms with Gasteiger partial charge in [-0.05, 0) is 42.1 Å². The number of hydrogen-bond donors (Lipinski definition) is 1. The summed E-state index contributed by atoms with van der Waals surface area (Å²) in [7, 11) is 0. The van der Waals surface area contributed by atoms with Crippen LogP contribution in [0.1, 0.15) is 16.1 Å². The zero-order chi connectivity index (χ0) is 15.0. The molecule has 3 aromatic rings. The van der Waals surface area contributed by atoms with E-state index in [2.05, 4.69) is 4.98 Å². The summed E-state index contributed by atoms with van der Waals surface area (Å²) in [6.07, 6.45) is 0. The second-order valence-electron chi connectivity index (χ2n) is 4.44. The maximum atomic E-state index is 13.3. The van der Waals surface area contributed by atoms with Crippen molar-refractivity contribution in [2.24, 2.45) is 0 Å². The van der Waals surface area contributed by atoms with Crippen LogP contribution in [-0.2, 0) is 0 Å². The molecule has 2 aromatic heterocycles. The van der Waals surface area contributed by atoms with Crippen LogP contribution in [0.2, 0.25) is 0 Å². The van der Waals surface area contributed by atoms with E-state index in [4.69, 9.17) is 4.42 Å². The Morgan fingerprint density at radius 2 is 2.19 bits per heavy atom. The van der Waals surface area contributed by atoms with Gasteiger partial charge < -0.3 is 9.52 Å². The van der Waals surface area contributed by atoms with Gasteiger partial charge in [0.2, 0.25) is 5.89 Å². The van der Waals surface area contributed by atoms with Crippen molar-refractivity contribution in [3.63, 3.8) is 0 Å². The first kappa shape index (κ1) is 13.5. The molecule has 106 valence electrons. The zero-order valence-corrected chi connectivity index (χ0v) is 11.8. The van der Waals surface area contributed by atoms with E-state index in [1.165, 1.54) is 23.5 Å². The quantitative estimate of drug-likeness (QED) is 0.787. The SMILES string of the molecule is Cc1cc(-c2oc(-c3cccs3)nc2C(=O)O)ccc1F. The molecule has 1 aromatic carbocycles. The Balaban J connectivity index is 2.16. The number of hydrogen-bond acceptors (Lipinski definition) is 4. The van der Waals surface area contributed by atoms with Crippen LogP contribution in [0, 0.1) is 12.7 Å². The van der Waals surface area contributed by atoms with E-state index >= 15 is 0 Å². The highest BCUT2D eigenvalue weighted by atomic mass is 32.1. The first-order valence-corrected chi connectivity index (χ1v) is 6.99. The van der Waals surface area contributed by atoms with Crippen molar-refractivity contribution in [1.29, 1.82) is 0 Å². The fraction of sp³-hybridized carbons (Fsp3) is 0.0667. The molecule has 0 radical (unpaired) electrons. The zero-order valence-electron chi connectivity index (χ0n) is 11.0. The van der Waals surface area contributed by atoms with Crippen LogP contribution in [0.5, 0.6) is 0 Å². The maximum absolute atomic E-state index is 13.3. The normalized spacial score (nSPS) is 10.8. The number of halogens is 1. The molecule has 0 fully saturated rings. The number of aromatic nitrogens is 1. The van der Waals surface area contributed by atoms with Crippen LogP contribution < -0.4 is 0 Å². The number of rotatable bonds is 3.